The first kappa shape index (κ1) is 17.5. The second kappa shape index (κ2) is 7.43. The van der Waals surface area contributed by atoms with Gasteiger partial charge >= 0.3 is 17.1 Å². The van der Waals surface area contributed by atoms with Crippen molar-refractivity contribution < 1.29 is 0 Å². The van der Waals surface area contributed by atoms with Crippen LogP contribution in [0.1, 0.15) is 47.5 Å². The van der Waals surface area contributed by atoms with Crippen LogP contribution in [-0.4, -0.2) is 13.7 Å². The van der Waals surface area contributed by atoms with Crippen molar-refractivity contribution >= 4 is 0 Å². The molecule has 0 aliphatic rings. The van der Waals surface area contributed by atoms with E-state index in [0.29, 0.717) is 24.9 Å². The third-order valence-corrected chi connectivity index (χ3v) is 3.56. The summed E-state index contributed by atoms with van der Waals surface area (Å²) in [4.78, 5) is 36.9. The zero-order valence-corrected chi connectivity index (χ0v) is 13.8. The molecule has 0 amide bonds. The Bertz CT molecular complexity index is 585. The van der Waals surface area contributed by atoms with E-state index >= 15 is 0 Å². The van der Waals surface area contributed by atoms with E-state index in [9.17, 15) is 14.4 Å². The van der Waals surface area contributed by atoms with E-state index in [4.69, 9.17) is 0 Å². The van der Waals surface area contributed by atoms with Gasteiger partial charge in [-0.2, -0.15) is 0 Å². The highest BCUT2D eigenvalue weighted by atomic mass is 16.2. The first-order valence-corrected chi connectivity index (χ1v) is 7.74. The van der Waals surface area contributed by atoms with Crippen LogP contribution in [-0.2, 0) is 19.6 Å². The molecule has 0 atom stereocenters. The van der Waals surface area contributed by atoms with E-state index in [0.717, 1.165) is 17.4 Å². The predicted octanol–water partition coefficient (Wildman–Crippen LogP) is 1.28. The molecule has 0 saturated heterocycles. The van der Waals surface area contributed by atoms with Crippen molar-refractivity contribution in [3.05, 3.63) is 31.5 Å². The van der Waals surface area contributed by atoms with E-state index in [1.54, 1.807) is 6.92 Å². The Morgan fingerprint density at radius 3 is 1.33 bits per heavy atom. The monoisotopic (exact) mass is 297 g/mol. The van der Waals surface area contributed by atoms with Crippen LogP contribution in [0, 0.1) is 11.8 Å². The summed E-state index contributed by atoms with van der Waals surface area (Å²) >= 11 is 0. The van der Waals surface area contributed by atoms with Crippen molar-refractivity contribution in [2.75, 3.05) is 0 Å². The molecule has 21 heavy (non-hydrogen) atoms. The number of aromatic nitrogens is 3. The second-order valence-electron chi connectivity index (χ2n) is 6.26. The summed E-state index contributed by atoms with van der Waals surface area (Å²) in [5.41, 5.74) is -1.46. The number of hydrogen-bond acceptors (Lipinski definition) is 3. The first-order valence-electron chi connectivity index (χ1n) is 7.74. The van der Waals surface area contributed by atoms with E-state index in [2.05, 4.69) is 0 Å². The zero-order chi connectivity index (χ0) is 16.2. The molecule has 120 valence electrons. The molecule has 0 unspecified atom stereocenters. The highest BCUT2D eigenvalue weighted by molar-refractivity contribution is 4.79. The molecule has 6 heteroatoms. The van der Waals surface area contributed by atoms with Crippen LogP contribution in [0.3, 0.4) is 0 Å². The maximum absolute atomic E-state index is 12.4. The molecule has 0 aliphatic carbocycles. The Morgan fingerprint density at radius 2 is 1.05 bits per heavy atom. The van der Waals surface area contributed by atoms with Crippen molar-refractivity contribution in [2.24, 2.45) is 11.8 Å². The minimum absolute atomic E-state index is 0.279. The van der Waals surface area contributed by atoms with Crippen molar-refractivity contribution in [2.45, 2.75) is 67.1 Å². The third kappa shape index (κ3) is 4.19. The maximum atomic E-state index is 12.4. The molecular weight excluding hydrogens is 270 g/mol. The molecule has 1 aromatic rings. The summed E-state index contributed by atoms with van der Waals surface area (Å²) in [6.07, 6.45) is 1.47. The van der Waals surface area contributed by atoms with Gasteiger partial charge in [-0.1, -0.05) is 27.7 Å². The van der Waals surface area contributed by atoms with Crippen molar-refractivity contribution in [3.63, 3.8) is 0 Å². The van der Waals surface area contributed by atoms with Crippen molar-refractivity contribution in [1.29, 1.82) is 0 Å². The highest BCUT2D eigenvalue weighted by Gasteiger charge is 2.14. The fourth-order valence-electron chi connectivity index (χ4n) is 2.11. The lowest BCUT2D eigenvalue weighted by Gasteiger charge is -2.14. The van der Waals surface area contributed by atoms with Crippen molar-refractivity contribution in [1.82, 2.24) is 13.7 Å². The smallest absolute Gasteiger partial charge is 0.247 e. The zero-order valence-electron chi connectivity index (χ0n) is 13.8. The molecule has 0 N–H and O–H groups in total. The fraction of sp³-hybridized carbons (Fsp3) is 0.800. The van der Waals surface area contributed by atoms with Gasteiger partial charge < -0.3 is 0 Å². The lowest BCUT2D eigenvalue weighted by atomic mass is 10.1. The molecule has 0 spiro atoms. The fourth-order valence-corrected chi connectivity index (χ4v) is 2.11. The molecule has 0 aliphatic heterocycles. The molecule has 0 aromatic carbocycles. The van der Waals surface area contributed by atoms with Gasteiger partial charge in [-0.25, -0.2) is 28.1 Å². The lowest BCUT2D eigenvalue weighted by Crippen LogP contribution is -2.54. The molecular formula is C15H27N3O3. The summed E-state index contributed by atoms with van der Waals surface area (Å²) in [6.45, 7) is 10.9. The van der Waals surface area contributed by atoms with Crippen LogP contribution < -0.4 is 17.1 Å². The van der Waals surface area contributed by atoms with E-state index in [-0.39, 0.29) is 6.54 Å². The Morgan fingerprint density at radius 1 is 0.714 bits per heavy atom. The average molecular weight is 297 g/mol. The normalized spacial score (nSPS) is 11.6. The summed E-state index contributed by atoms with van der Waals surface area (Å²) in [5, 5.41) is 0. The highest BCUT2D eigenvalue weighted by Crippen LogP contribution is 2.00. The quantitative estimate of drug-likeness (QED) is 0.761. The predicted molar refractivity (Wildman–Crippen MR) is 83.8 cm³/mol. The number of nitrogens with zero attached hydrogens (tertiary/aromatic N) is 3. The first-order chi connectivity index (χ1) is 9.79. The topological polar surface area (TPSA) is 66.0 Å². The van der Waals surface area contributed by atoms with E-state index in [1.807, 2.05) is 27.7 Å². The maximum Gasteiger partial charge on any atom is 0.336 e. The van der Waals surface area contributed by atoms with Crippen LogP contribution in [0.4, 0.5) is 0 Å². The van der Waals surface area contributed by atoms with Crippen LogP contribution in [0.5, 0.6) is 0 Å². The van der Waals surface area contributed by atoms with Crippen LogP contribution in [0.15, 0.2) is 14.4 Å². The molecule has 0 radical (unpaired) electrons. The van der Waals surface area contributed by atoms with E-state index < -0.39 is 17.1 Å². The Balaban J connectivity index is 3.37. The van der Waals surface area contributed by atoms with Gasteiger partial charge in [0.15, 0.2) is 0 Å². The Hall–Kier alpha value is -1.59. The molecule has 6 nitrogen and oxygen atoms in total. The summed E-state index contributed by atoms with van der Waals surface area (Å²) < 4.78 is 3.54. The van der Waals surface area contributed by atoms with Gasteiger partial charge in [0.2, 0.25) is 0 Å². The van der Waals surface area contributed by atoms with Gasteiger partial charge in [0.25, 0.3) is 0 Å². The minimum atomic E-state index is -0.492. The third-order valence-electron chi connectivity index (χ3n) is 3.56. The Kier molecular flexibility index (Phi) is 6.18. The van der Waals surface area contributed by atoms with Crippen LogP contribution in [0.25, 0.3) is 0 Å². The van der Waals surface area contributed by atoms with Gasteiger partial charge in [-0.3, -0.25) is 0 Å². The molecule has 1 rings (SSSR count). The molecule has 0 bridgehead atoms. The largest absolute Gasteiger partial charge is 0.336 e. The van der Waals surface area contributed by atoms with Crippen LogP contribution in [0.2, 0.25) is 0 Å². The molecule has 1 heterocycles. The Labute approximate surface area is 125 Å². The van der Waals surface area contributed by atoms with Gasteiger partial charge in [0, 0.05) is 19.6 Å². The SMILES string of the molecule is CCn1c(=O)n(CCC(C)C)c(=O)n(CCC(C)C)c1=O. The van der Waals surface area contributed by atoms with Gasteiger partial charge in [-0.15, -0.1) is 0 Å². The summed E-state index contributed by atoms with van der Waals surface area (Å²) in [7, 11) is 0. The number of rotatable bonds is 7. The van der Waals surface area contributed by atoms with Gasteiger partial charge in [0.1, 0.15) is 0 Å². The summed E-state index contributed by atoms with van der Waals surface area (Å²) in [5.74, 6) is 0.782. The van der Waals surface area contributed by atoms with E-state index in [1.165, 1.54) is 9.13 Å². The van der Waals surface area contributed by atoms with Gasteiger partial charge in [-0.05, 0) is 31.6 Å². The van der Waals surface area contributed by atoms with Crippen molar-refractivity contribution in [3.8, 4) is 0 Å². The van der Waals surface area contributed by atoms with Crippen LogP contribution >= 0.6 is 0 Å². The standard InChI is InChI=1S/C15H27N3O3/c1-6-16-13(19)17(9-7-11(2)3)15(21)18(14(16)20)10-8-12(4)5/h11-12H,6-10H2,1-5H3. The van der Waals surface area contributed by atoms with Gasteiger partial charge in [0.05, 0.1) is 0 Å². The minimum Gasteiger partial charge on any atom is -0.247 e. The summed E-state index contributed by atoms with van der Waals surface area (Å²) in [6, 6.07) is 0. The molecule has 0 fully saturated rings. The second-order valence-corrected chi connectivity index (χ2v) is 6.26. The lowest BCUT2D eigenvalue weighted by molar-refractivity contribution is 0.403. The average Bonchev–Trinajstić information content (AvgIpc) is 2.38. The molecule has 1 aromatic heterocycles. The number of hydrogen-bond donors (Lipinski definition) is 0. The molecule has 0 saturated carbocycles.